The Kier molecular flexibility index (Phi) is 10.9. The van der Waals surface area contributed by atoms with Crippen molar-refractivity contribution < 1.29 is 36.2 Å². The van der Waals surface area contributed by atoms with E-state index in [0.717, 1.165) is 0 Å². The predicted molar refractivity (Wildman–Crippen MR) is 95.9 cm³/mol. The fourth-order valence-corrected chi connectivity index (χ4v) is 2.32. The molecule has 8 nitrogen and oxygen atoms in total. The minimum absolute atomic E-state index is 0.0741. The van der Waals surface area contributed by atoms with Crippen LogP contribution < -0.4 is 0 Å². The van der Waals surface area contributed by atoms with Crippen molar-refractivity contribution >= 4 is 20.2 Å². The van der Waals surface area contributed by atoms with Crippen LogP contribution in [-0.2, 0) is 20.2 Å². The first kappa shape index (κ1) is 24.2. The van der Waals surface area contributed by atoms with Crippen LogP contribution in [0.3, 0.4) is 0 Å². The first-order valence-corrected chi connectivity index (χ1v) is 10.2. The molecule has 0 saturated heterocycles. The molecule has 26 heavy (non-hydrogen) atoms. The van der Waals surface area contributed by atoms with Crippen LogP contribution in [0.5, 0.6) is 0 Å². The molecule has 0 aliphatic carbocycles. The molecule has 0 aromatic heterocycles. The van der Waals surface area contributed by atoms with E-state index in [9.17, 15) is 16.8 Å². The van der Waals surface area contributed by atoms with Gasteiger partial charge >= 0.3 is 0 Å². The predicted octanol–water partition coefficient (Wildman–Crippen LogP) is 1.62. The highest BCUT2D eigenvalue weighted by molar-refractivity contribution is 7.86. The van der Waals surface area contributed by atoms with Crippen molar-refractivity contribution in [3.63, 3.8) is 0 Å². The van der Waals surface area contributed by atoms with Crippen molar-refractivity contribution in [1.29, 1.82) is 0 Å². The molecule has 4 N–H and O–H groups in total. The molecule has 0 spiro atoms. The van der Waals surface area contributed by atoms with E-state index in [1.807, 2.05) is 6.92 Å². The van der Waals surface area contributed by atoms with Gasteiger partial charge in [0.05, 0.1) is 22.5 Å². The maximum absolute atomic E-state index is 10.4. The van der Waals surface area contributed by atoms with Crippen LogP contribution >= 0.6 is 0 Å². The van der Waals surface area contributed by atoms with Crippen LogP contribution in [0.15, 0.2) is 70.5 Å². The third-order valence-electron chi connectivity index (χ3n) is 2.76. The zero-order valence-corrected chi connectivity index (χ0v) is 15.6. The number of aliphatic hydroxyl groups excluding tert-OH is 2. The molecule has 2 aromatic carbocycles. The second-order valence-electron chi connectivity index (χ2n) is 4.82. The van der Waals surface area contributed by atoms with E-state index in [2.05, 4.69) is 0 Å². The minimum Gasteiger partial charge on any atom is -0.394 e. The molecule has 0 saturated carbocycles. The number of benzene rings is 2. The van der Waals surface area contributed by atoms with Crippen molar-refractivity contribution in [1.82, 2.24) is 0 Å². The van der Waals surface area contributed by atoms with Gasteiger partial charge in [0.2, 0.25) is 0 Å². The number of hydrogen-bond acceptors (Lipinski definition) is 6. The lowest BCUT2D eigenvalue weighted by Gasteiger charge is -1.97. The summed E-state index contributed by atoms with van der Waals surface area (Å²) in [5, 5.41) is 16.5. The summed E-state index contributed by atoms with van der Waals surface area (Å²) in [6.07, 6.45) is 0.126. The molecule has 0 amide bonds. The first-order chi connectivity index (χ1) is 12.0. The molecule has 146 valence electrons. The zero-order chi connectivity index (χ0) is 20.2. The Morgan fingerprint density at radius 2 is 1.08 bits per heavy atom. The smallest absolute Gasteiger partial charge is 0.294 e. The fraction of sp³-hybridized carbons (Fsp3) is 0.250. The summed E-state index contributed by atoms with van der Waals surface area (Å²) in [7, 11) is -8.01. The summed E-state index contributed by atoms with van der Waals surface area (Å²) in [5.41, 5.74) is 0. The zero-order valence-electron chi connectivity index (χ0n) is 14.0. The van der Waals surface area contributed by atoms with Crippen LogP contribution in [0, 0.1) is 0 Å². The van der Waals surface area contributed by atoms with E-state index in [1.54, 1.807) is 36.4 Å². The minimum atomic E-state index is -4.00. The van der Waals surface area contributed by atoms with Crippen LogP contribution in [-0.4, -0.2) is 48.9 Å². The summed E-state index contributed by atoms with van der Waals surface area (Å²) in [5.74, 6) is 0. The van der Waals surface area contributed by atoms with E-state index in [4.69, 9.17) is 19.3 Å². The van der Waals surface area contributed by atoms with Gasteiger partial charge in [0.25, 0.3) is 20.2 Å². The second kappa shape index (κ2) is 11.7. The van der Waals surface area contributed by atoms with Gasteiger partial charge in [0.15, 0.2) is 0 Å². The van der Waals surface area contributed by atoms with Gasteiger partial charge < -0.3 is 10.2 Å². The maximum atomic E-state index is 10.4. The Morgan fingerprint density at radius 1 is 0.769 bits per heavy atom. The average Bonchev–Trinajstić information content (AvgIpc) is 2.62. The van der Waals surface area contributed by atoms with Gasteiger partial charge in [0.1, 0.15) is 0 Å². The lowest BCUT2D eigenvalue weighted by atomic mass is 10.3. The normalized spacial score (nSPS) is 12.0. The molecule has 0 radical (unpaired) electrons. The molecule has 10 heteroatoms. The summed E-state index contributed by atoms with van der Waals surface area (Å²) in [6, 6.07) is 14.8. The Morgan fingerprint density at radius 3 is 1.19 bits per heavy atom. The first-order valence-electron chi connectivity index (χ1n) is 7.36. The monoisotopic (exact) mass is 406 g/mol. The molecule has 2 rings (SSSR count). The Labute approximate surface area is 153 Å². The fourth-order valence-electron chi connectivity index (χ4n) is 1.31. The third kappa shape index (κ3) is 10.9. The molecular formula is C16H22O8S2. The standard InChI is InChI=1S/2C6H6O3S.C4H10O2/c2*7-10(8,9)6-4-2-1-3-5-6;1-2-4(6)3-5/h2*1-5H,(H,7,8,9);4-6H,2-3H2,1H3. The van der Waals surface area contributed by atoms with Crippen LogP contribution in [0.1, 0.15) is 13.3 Å². The SMILES string of the molecule is CCC(O)CO.O=S(=O)(O)c1ccccc1.O=S(=O)(O)c1ccccc1. The van der Waals surface area contributed by atoms with Gasteiger partial charge in [-0.05, 0) is 30.7 Å². The maximum Gasteiger partial charge on any atom is 0.294 e. The van der Waals surface area contributed by atoms with Crippen molar-refractivity contribution in [2.75, 3.05) is 6.61 Å². The highest BCUT2D eigenvalue weighted by Gasteiger charge is 2.06. The van der Waals surface area contributed by atoms with Crippen molar-refractivity contribution in [3.05, 3.63) is 60.7 Å². The van der Waals surface area contributed by atoms with E-state index in [1.165, 1.54) is 24.3 Å². The van der Waals surface area contributed by atoms with Gasteiger partial charge in [-0.25, -0.2) is 0 Å². The van der Waals surface area contributed by atoms with E-state index in [0.29, 0.717) is 6.42 Å². The van der Waals surface area contributed by atoms with E-state index in [-0.39, 0.29) is 16.4 Å². The number of rotatable bonds is 4. The van der Waals surface area contributed by atoms with Crippen LogP contribution in [0.25, 0.3) is 0 Å². The average molecular weight is 406 g/mol. The molecule has 0 aliphatic heterocycles. The quantitative estimate of drug-likeness (QED) is 0.560. The third-order valence-corrected chi connectivity index (χ3v) is 4.50. The highest BCUT2D eigenvalue weighted by Crippen LogP contribution is 2.05. The molecule has 0 aliphatic rings. The molecule has 0 bridgehead atoms. The molecule has 1 atom stereocenters. The Bertz CT molecular complexity index is 748. The van der Waals surface area contributed by atoms with Gasteiger partial charge in [0, 0.05) is 0 Å². The lowest BCUT2D eigenvalue weighted by Crippen LogP contribution is -2.08. The number of hydrogen-bond donors (Lipinski definition) is 4. The summed E-state index contributed by atoms with van der Waals surface area (Å²) >= 11 is 0. The van der Waals surface area contributed by atoms with Gasteiger partial charge in [-0.15, -0.1) is 0 Å². The molecular weight excluding hydrogens is 384 g/mol. The summed E-state index contributed by atoms with van der Waals surface area (Å²) in [4.78, 5) is -0.148. The summed E-state index contributed by atoms with van der Waals surface area (Å²) in [6.45, 7) is 1.71. The highest BCUT2D eigenvalue weighted by atomic mass is 32.2. The van der Waals surface area contributed by atoms with Crippen molar-refractivity contribution in [3.8, 4) is 0 Å². The van der Waals surface area contributed by atoms with Crippen molar-refractivity contribution in [2.45, 2.75) is 29.2 Å². The largest absolute Gasteiger partial charge is 0.394 e. The molecule has 1 unspecified atom stereocenters. The Hall–Kier alpha value is -1.82. The molecule has 0 fully saturated rings. The van der Waals surface area contributed by atoms with Crippen LogP contribution in [0.4, 0.5) is 0 Å². The van der Waals surface area contributed by atoms with Crippen LogP contribution in [0.2, 0.25) is 0 Å². The summed E-state index contributed by atoms with van der Waals surface area (Å²) < 4.78 is 58.5. The molecule has 2 aromatic rings. The van der Waals surface area contributed by atoms with E-state index < -0.39 is 26.3 Å². The Balaban J connectivity index is 0.000000375. The van der Waals surface area contributed by atoms with Gasteiger partial charge in [-0.2, -0.15) is 16.8 Å². The van der Waals surface area contributed by atoms with Gasteiger partial charge in [-0.3, -0.25) is 9.11 Å². The topological polar surface area (TPSA) is 149 Å². The van der Waals surface area contributed by atoms with Crippen molar-refractivity contribution in [2.24, 2.45) is 0 Å². The van der Waals surface area contributed by atoms with E-state index >= 15 is 0 Å². The van der Waals surface area contributed by atoms with Gasteiger partial charge in [-0.1, -0.05) is 43.3 Å². The second-order valence-corrected chi connectivity index (χ2v) is 7.66. The lowest BCUT2D eigenvalue weighted by molar-refractivity contribution is 0.0923. The molecule has 0 heterocycles. The number of aliphatic hydroxyl groups is 2.